The zero-order valence-electron chi connectivity index (χ0n) is 10.9. The topological polar surface area (TPSA) is 23.5 Å². The minimum absolute atomic E-state index is 0.345. The lowest BCUT2D eigenvalue weighted by atomic mass is 10.1. The predicted octanol–water partition coefficient (Wildman–Crippen LogP) is 2.90. The number of benzene rings is 1. The van der Waals surface area contributed by atoms with Crippen LogP contribution in [-0.2, 0) is 0 Å². The zero-order chi connectivity index (χ0) is 12.3. The summed E-state index contributed by atoms with van der Waals surface area (Å²) in [6, 6.07) is 8.89. The minimum Gasteiger partial charge on any atom is -0.387 e. The molecule has 1 aromatic carbocycles. The summed E-state index contributed by atoms with van der Waals surface area (Å²) in [5, 5.41) is 10.2. The van der Waals surface area contributed by atoms with Gasteiger partial charge in [0.1, 0.15) is 0 Å². The molecule has 2 nitrogen and oxygen atoms in total. The van der Waals surface area contributed by atoms with E-state index in [4.69, 9.17) is 0 Å². The Balaban J connectivity index is 1.96. The molecule has 0 bridgehead atoms. The zero-order valence-corrected chi connectivity index (χ0v) is 10.9. The van der Waals surface area contributed by atoms with E-state index in [0.29, 0.717) is 6.04 Å². The third-order valence-corrected chi connectivity index (χ3v) is 3.84. The van der Waals surface area contributed by atoms with Crippen molar-refractivity contribution in [3.63, 3.8) is 0 Å². The van der Waals surface area contributed by atoms with Crippen LogP contribution in [0, 0.1) is 6.92 Å². The summed E-state index contributed by atoms with van der Waals surface area (Å²) in [4.78, 5) is 2.44. The summed E-state index contributed by atoms with van der Waals surface area (Å²) in [6.45, 7) is 6.23. The number of likely N-dealkylation sites (tertiary alicyclic amines) is 1. The molecule has 17 heavy (non-hydrogen) atoms. The molecule has 0 aromatic heterocycles. The second-order valence-corrected chi connectivity index (χ2v) is 5.13. The minimum atomic E-state index is -0.345. The van der Waals surface area contributed by atoms with E-state index in [1.165, 1.54) is 24.8 Å². The van der Waals surface area contributed by atoms with Gasteiger partial charge >= 0.3 is 0 Å². The standard InChI is InChI=1S/C15H23NO/c1-3-14-5-4-10-16(14)11-15(17)13-8-6-12(2)7-9-13/h6-9,14-15,17H,3-5,10-11H2,1-2H3. The largest absolute Gasteiger partial charge is 0.387 e. The Kier molecular flexibility index (Phi) is 4.19. The number of aryl methyl sites for hydroxylation is 1. The molecule has 1 aliphatic heterocycles. The Morgan fingerprint density at radius 2 is 2.06 bits per heavy atom. The van der Waals surface area contributed by atoms with Crippen LogP contribution < -0.4 is 0 Å². The lowest BCUT2D eigenvalue weighted by Gasteiger charge is -2.26. The Bertz CT molecular complexity index is 346. The number of hydrogen-bond acceptors (Lipinski definition) is 2. The molecule has 2 rings (SSSR count). The molecule has 1 aromatic rings. The first-order chi connectivity index (χ1) is 8.20. The van der Waals surface area contributed by atoms with Crippen LogP contribution in [-0.4, -0.2) is 29.1 Å². The summed E-state index contributed by atoms with van der Waals surface area (Å²) in [5.74, 6) is 0. The van der Waals surface area contributed by atoms with Gasteiger partial charge in [0.25, 0.3) is 0 Å². The molecule has 2 unspecified atom stereocenters. The van der Waals surface area contributed by atoms with E-state index in [1.54, 1.807) is 0 Å². The van der Waals surface area contributed by atoms with Crippen LogP contribution in [0.1, 0.15) is 43.4 Å². The highest BCUT2D eigenvalue weighted by Crippen LogP contribution is 2.23. The van der Waals surface area contributed by atoms with E-state index in [9.17, 15) is 5.11 Å². The highest BCUT2D eigenvalue weighted by Gasteiger charge is 2.24. The van der Waals surface area contributed by atoms with Crippen molar-refractivity contribution in [2.75, 3.05) is 13.1 Å². The molecule has 0 saturated carbocycles. The molecule has 0 aliphatic carbocycles. The number of rotatable bonds is 4. The molecule has 0 radical (unpaired) electrons. The fraction of sp³-hybridized carbons (Fsp3) is 0.600. The fourth-order valence-corrected chi connectivity index (χ4v) is 2.71. The van der Waals surface area contributed by atoms with Gasteiger partial charge in [0, 0.05) is 12.6 Å². The number of aliphatic hydroxyl groups is 1. The second kappa shape index (κ2) is 5.65. The predicted molar refractivity (Wildman–Crippen MR) is 71.0 cm³/mol. The van der Waals surface area contributed by atoms with Crippen molar-refractivity contribution in [3.8, 4) is 0 Å². The monoisotopic (exact) mass is 233 g/mol. The van der Waals surface area contributed by atoms with Gasteiger partial charge in [-0.25, -0.2) is 0 Å². The van der Waals surface area contributed by atoms with Gasteiger partial charge in [0.2, 0.25) is 0 Å². The Morgan fingerprint density at radius 3 is 2.71 bits per heavy atom. The summed E-state index contributed by atoms with van der Waals surface area (Å²) in [6.07, 6.45) is 3.42. The Hall–Kier alpha value is -0.860. The average Bonchev–Trinajstić information content (AvgIpc) is 2.77. The summed E-state index contributed by atoms with van der Waals surface area (Å²) in [5.41, 5.74) is 2.28. The number of aliphatic hydroxyl groups excluding tert-OH is 1. The molecular weight excluding hydrogens is 210 g/mol. The van der Waals surface area contributed by atoms with E-state index < -0.39 is 0 Å². The molecule has 1 saturated heterocycles. The van der Waals surface area contributed by atoms with Crippen LogP contribution in [0.3, 0.4) is 0 Å². The maximum Gasteiger partial charge on any atom is 0.0917 e. The highest BCUT2D eigenvalue weighted by atomic mass is 16.3. The van der Waals surface area contributed by atoms with Gasteiger partial charge in [0.05, 0.1) is 6.10 Å². The van der Waals surface area contributed by atoms with E-state index >= 15 is 0 Å². The van der Waals surface area contributed by atoms with Crippen molar-refractivity contribution in [3.05, 3.63) is 35.4 Å². The van der Waals surface area contributed by atoms with Gasteiger partial charge < -0.3 is 5.11 Å². The van der Waals surface area contributed by atoms with Gasteiger partial charge in [-0.15, -0.1) is 0 Å². The second-order valence-electron chi connectivity index (χ2n) is 5.13. The maximum atomic E-state index is 10.2. The number of β-amino-alcohol motifs (C(OH)–C–C–N with tert-alkyl or cyclic N) is 1. The van der Waals surface area contributed by atoms with E-state index in [-0.39, 0.29) is 6.10 Å². The number of nitrogens with zero attached hydrogens (tertiary/aromatic N) is 1. The van der Waals surface area contributed by atoms with Crippen molar-refractivity contribution in [1.82, 2.24) is 4.90 Å². The molecule has 0 spiro atoms. The molecule has 1 fully saturated rings. The first-order valence-corrected chi connectivity index (χ1v) is 6.69. The van der Waals surface area contributed by atoms with Crippen molar-refractivity contribution in [1.29, 1.82) is 0 Å². The molecule has 1 aliphatic rings. The van der Waals surface area contributed by atoms with E-state index in [0.717, 1.165) is 18.7 Å². The Morgan fingerprint density at radius 1 is 1.35 bits per heavy atom. The van der Waals surface area contributed by atoms with Gasteiger partial charge in [-0.1, -0.05) is 36.8 Å². The Labute approximate surface area is 104 Å². The normalized spacial score (nSPS) is 22.9. The van der Waals surface area contributed by atoms with Gasteiger partial charge in [-0.05, 0) is 38.3 Å². The fourth-order valence-electron chi connectivity index (χ4n) is 2.71. The summed E-state index contributed by atoms with van der Waals surface area (Å²) < 4.78 is 0. The van der Waals surface area contributed by atoms with Gasteiger partial charge in [-0.2, -0.15) is 0 Å². The number of hydrogen-bond donors (Lipinski definition) is 1. The SMILES string of the molecule is CCC1CCCN1CC(O)c1ccc(C)cc1. The van der Waals surface area contributed by atoms with Gasteiger partial charge in [-0.3, -0.25) is 4.90 Å². The smallest absolute Gasteiger partial charge is 0.0917 e. The molecule has 94 valence electrons. The van der Waals surface area contributed by atoms with E-state index in [2.05, 4.69) is 30.9 Å². The van der Waals surface area contributed by atoms with Crippen molar-refractivity contribution >= 4 is 0 Å². The van der Waals surface area contributed by atoms with Crippen LogP contribution >= 0.6 is 0 Å². The highest BCUT2D eigenvalue weighted by molar-refractivity contribution is 5.23. The van der Waals surface area contributed by atoms with Crippen LogP contribution in [0.4, 0.5) is 0 Å². The van der Waals surface area contributed by atoms with Crippen molar-refractivity contribution in [2.45, 2.75) is 45.3 Å². The summed E-state index contributed by atoms with van der Waals surface area (Å²) >= 11 is 0. The van der Waals surface area contributed by atoms with Crippen LogP contribution in [0.5, 0.6) is 0 Å². The van der Waals surface area contributed by atoms with Gasteiger partial charge in [0.15, 0.2) is 0 Å². The summed E-state index contributed by atoms with van der Waals surface area (Å²) in [7, 11) is 0. The van der Waals surface area contributed by atoms with Crippen molar-refractivity contribution in [2.24, 2.45) is 0 Å². The lowest BCUT2D eigenvalue weighted by molar-refractivity contribution is 0.105. The molecule has 2 atom stereocenters. The van der Waals surface area contributed by atoms with E-state index in [1.807, 2.05) is 12.1 Å². The van der Waals surface area contributed by atoms with Crippen LogP contribution in [0.25, 0.3) is 0 Å². The average molecular weight is 233 g/mol. The molecule has 0 amide bonds. The van der Waals surface area contributed by atoms with Crippen LogP contribution in [0.15, 0.2) is 24.3 Å². The lowest BCUT2D eigenvalue weighted by Crippen LogP contribution is -2.32. The van der Waals surface area contributed by atoms with Crippen LogP contribution in [0.2, 0.25) is 0 Å². The molecule has 2 heteroatoms. The molecular formula is C15H23NO. The first-order valence-electron chi connectivity index (χ1n) is 6.69. The first kappa shape index (κ1) is 12.6. The maximum absolute atomic E-state index is 10.2. The molecule has 1 N–H and O–H groups in total. The van der Waals surface area contributed by atoms with Crippen molar-refractivity contribution < 1.29 is 5.11 Å². The quantitative estimate of drug-likeness (QED) is 0.864. The molecule has 1 heterocycles. The third kappa shape index (κ3) is 3.08. The third-order valence-electron chi connectivity index (χ3n) is 3.84.